The van der Waals surface area contributed by atoms with Crippen molar-refractivity contribution in [2.45, 2.75) is 52.0 Å². The van der Waals surface area contributed by atoms with E-state index in [1.165, 1.54) is 6.42 Å². The molecule has 1 aliphatic rings. The van der Waals surface area contributed by atoms with Gasteiger partial charge in [-0.05, 0) is 25.8 Å². The number of nitrogens with one attached hydrogen (secondary N) is 1. The Balaban J connectivity index is 2.00. The molecule has 1 aliphatic carbocycles. The molecule has 0 radical (unpaired) electrons. The molecule has 0 aliphatic heterocycles. The first kappa shape index (κ1) is 11.6. The molecule has 1 saturated carbocycles. The summed E-state index contributed by atoms with van der Waals surface area (Å²) in [6, 6.07) is 0.370. The molecule has 0 amide bonds. The highest BCUT2D eigenvalue weighted by molar-refractivity contribution is 5.09. The molecule has 1 heterocycles. The third-order valence-corrected chi connectivity index (χ3v) is 3.56. The largest absolute Gasteiger partial charge is 0.339 e. The van der Waals surface area contributed by atoms with Gasteiger partial charge in [0.15, 0.2) is 5.82 Å². The van der Waals surface area contributed by atoms with E-state index >= 15 is 0 Å². The Kier molecular flexibility index (Phi) is 3.28. The molecule has 90 valence electrons. The molecular formula is C12H21N3O. The third-order valence-electron chi connectivity index (χ3n) is 3.56. The maximum absolute atomic E-state index is 5.34. The van der Waals surface area contributed by atoms with Crippen molar-refractivity contribution in [2.75, 3.05) is 6.54 Å². The molecule has 0 aromatic carbocycles. The van der Waals surface area contributed by atoms with Crippen LogP contribution in [0.1, 0.15) is 57.7 Å². The number of hydrogen-bond acceptors (Lipinski definition) is 4. The van der Waals surface area contributed by atoms with Crippen LogP contribution in [-0.2, 0) is 0 Å². The molecule has 1 aromatic rings. The zero-order valence-corrected chi connectivity index (χ0v) is 10.5. The molecule has 4 atom stereocenters. The molecule has 0 bridgehead atoms. The monoisotopic (exact) mass is 223 g/mol. The SMILES string of the molecule is CCNC(C)C(C)c1nc(C2CC2C)no1. The Morgan fingerprint density at radius 3 is 2.75 bits per heavy atom. The van der Waals surface area contributed by atoms with Crippen LogP contribution in [0.25, 0.3) is 0 Å². The predicted octanol–water partition coefficient (Wildman–Crippen LogP) is 2.29. The van der Waals surface area contributed by atoms with Gasteiger partial charge >= 0.3 is 0 Å². The van der Waals surface area contributed by atoms with Crippen molar-refractivity contribution < 1.29 is 4.52 Å². The van der Waals surface area contributed by atoms with Gasteiger partial charge in [-0.1, -0.05) is 25.9 Å². The van der Waals surface area contributed by atoms with E-state index in [9.17, 15) is 0 Å². The second-order valence-corrected chi connectivity index (χ2v) is 4.95. The summed E-state index contributed by atoms with van der Waals surface area (Å²) in [5.41, 5.74) is 0. The number of likely N-dealkylation sites (N-methyl/N-ethyl adjacent to an activating group) is 1. The maximum atomic E-state index is 5.34. The molecule has 16 heavy (non-hydrogen) atoms. The summed E-state index contributed by atoms with van der Waals surface area (Å²) in [7, 11) is 0. The average Bonchev–Trinajstić information content (AvgIpc) is 2.82. The number of nitrogens with zero attached hydrogens (tertiary/aromatic N) is 2. The smallest absolute Gasteiger partial charge is 0.231 e. The summed E-state index contributed by atoms with van der Waals surface area (Å²) in [4.78, 5) is 4.51. The lowest BCUT2D eigenvalue weighted by molar-refractivity contribution is 0.329. The van der Waals surface area contributed by atoms with E-state index in [4.69, 9.17) is 4.52 Å². The van der Waals surface area contributed by atoms with Crippen molar-refractivity contribution in [3.8, 4) is 0 Å². The summed E-state index contributed by atoms with van der Waals surface area (Å²) in [5, 5.41) is 7.46. The fraction of sp³-hybridized carbons (Fsp3) is 0.833. The Hall–Kier alpha value is -0.900. The van der Waals surface area contributed by atoms with E-state index in [0.717, 1.165) is 24.2 Å². The van der Waals surface area contributed by atoms with Gasteiger partial charge < -0.3 is 9.84 Å². The van der Waals surface area contributed by atoms with Gasteiger partial charge in [-0.15, -0.1) is 0 Å². The Morgan fingerprint density at radius 2 is 2.19 bits per heavy atom. The number of aromatic nitrogens is 2. The minimum Gasteiger partial charge on any atom is -0.339 e. The molecule has 2 rings (SSSR count). The standard InChI is InChI=1S/C12H21N3O/c1-5-13-9(4)8(3)12-14-11(15-16-12)10-6-7(10)2/h7-10,13H,5-6H2,1-4H3. The molecule has 0 saturated heterocycles. The van der Waals surface area contributed by atoms with E-state index in [-0.39, 0.29) is 5.92 Å². The zero-order valence-electron chi connectivity index (χ0n) is 10.5. The zero-order chi connectivity index (χ0) is 11.7. The Labute approximate surface area is 96.8 Å². The molecule has 4 heteroatoms. The van der Waals surface area contributed by atoms with Gasteiger partial charge in [-0.25, -0.2) is 0 Å². The van der Waals surface area contributed by atoms with Crippen LogP contribution in [0.5, 0.6) is 0 Å². The second-order valence-electron chi connectivity index (χ2n) is 4.95. The van der Waals surface area contributed by atoms with Crippen LogP contribution < -0.4 is 5.32 Å². The first-order valence-corrected chi connectivity index (χ1v) is 6.20. The fourth-order valence-electron chi connectivity index (χ4n) is 1.98. The van der Waals surface area contributed by atoms with E-state index in [0.29, 0.717) is 12.0 Å². The van der Waals surface area contributed by atoms with E-state index < -0.39 is 0 Å². The van der Waals surface area contributed by atoms with Crippen LogP contribution in [0.2, 0.25) is 0 Å². The van der Waals surface area contributed by atoms with E-state index in [2.05, 4.69) is 43.2 Å². The van der Waals surface area contributed by atoms with Gasteiger partial charge in [0.1, 0.15) is 0 Å². The van der Waals surface area contributed by atoms with Gasteiger partial charge in [0.05, 0.1) is 5.92 Å². The highest BCUT2D eigenvalue weighted by atomic mass is 16.5. The van der Waals surface area contributed by atoms with Crippen LogP contribution in [0.4, 0.5) is 0 Å². The van der Waals surface area contributed by atoms with Crippen molar-refractivity contribution >= 4 is 0 Å². The summed E-state index contributed by atoms with van der Waals surface area (Å²) in [6.45, 7) is 9.57. The van der Waals surface area contributed by atoms with Crippen LogP contribution in [-0.4, -0.2) is 22.7 Å². The summed E-state index contributed by atoms with van der Waals surface area (Å²) in [6.07, 6.45) is 1.20. The Bertz CT molecular complexity index is 350. The summed E-state index contributed by atoms with van der Waals surface area (Å²) < 4.78 is 5.34. The molecule has 4 unspecified atom stereocenters. The second kappa shape index (κ2) is 4.53. The Morgan fingerprint density at radius 1 is 1.50 bits per heavy atom. The normalized spacial score (nSPS) is 27.8. The predicted molar refractivity (Wildman–Crippen MR) is 62.4 cm³/mol. The van der Waals surface area contributed by atoms with Crippen molar-refractivity contribution in [3.63, 3.8) is 0 Å². The molecule has 1 N–H and O–H groups in total. The lowest BCUT2D eigenvalue weighted by Crippen LogP contribution is -2.30. The first-order valence-electron chi connectivity index (χ1n) is 6.20. The highest BCUT2D eigenvalue weighted by Gasteiger charge is 2.38. The van der Waals surface area contributed by atoms with Gasteiger partial charge in [0.2, 0.25) is 5.89 Å². The summed E-state index contributed by atoms with van der Waals surface area (Å²) in [5.74, 6) is 3.21. The van der Waals surface area contributed by atoms with Crippen molar-refractivity contribution in [1.82, 2.24) is 15.5 Å². The molecule has 0 spiro atoms. The van der Waals surface area contributed by atoms with Gasteiger partial charge in [-0.3, -0.25) is 0 Å². The van der Waals surface area contributed by atoms with E-state index in [1.54, 1.807) is 0 Å². The lowest BCUT2D eigenvalue weighted by Gasteiger charge is -2.16. The quantitative estimate of drug-likeness (QED) is 0.832. The fourth-order valence-corrected chi connectivity index (χ4v) is 1.98. The van der Waals surface area contributed by atoms with Gasteiger partial charge in [0, 0.05) is 12.0 Å². The topological polar surface area (TPSA) is 51.0 Å². The van der Waals surface area contributed by atoms with E-state index in [1.807, 2.05) is 0 Å². The summed E-state index contributed by atoms with van der Waals surface area (Å²) >= 11 is 0. The minimum atomic E-state index is 0.273. The maximum Gasteiger partial charge on any atom is 0.231 e. The van der Waals surface area contributed by atoms with Crippen LogP contribution in [0, 0.1) is 5.92 Å². The van der Waals surface area contributed by atoms with Crippen LogP contribution in [0.3, 0.4) is 0 Å². The average molecular weight is 223 g/mol. The van der Waals surface area contributed by atoms with Crippen molar-refractivity contribution in [3.05, 3.63) is 11.7 Å². The van der Waals surface area contributed by atoms with Gasteiger partial charge in [0.25, 0.3) is 0 Å². The first-order chi connectivity index (χ1) is 7.63. The van der Waals surface area contributed by atoms with Crippen LogP contribution >= 0.6 is 0 Å². The number of rotatable bonds is 5. The highest BCUT2D eigenvalue weighted by Crippen LogP contribution is 2.45. The van der Waals surface area contributed by atoms with Crippen LogP contribution in [0.15, 0.2) is 4.52 Å². The van der Waals surface area contributed by atoms with Crippen molar-refractivity contribution in [2.24, 2.45) is 5.92 Å². The lowest BCUT2D eigenvalue weighted by atomic mass is 10.0. The van der Waals surface area contributed by atoms with Crippen molar-refractivity contribution in [1.29, 1.82) is 0 Å². The minimum absolute atomic E-state index is 0.273. The molecule has 1 aromatic heterocycles. The molecule has 1 fully saturated rings. The third kappa shape index (κ3) is 2.26. The van der Waals surface area contributed by atoms with Gasteiger partial charge in [-0.2, -0.15) is 4.98 Å². The molecule has 4 nitrogen and oxygen atoms in total. The number of hydrogen-bond donors (Lipinski definition) is 1. The molecular weight excluding hydrogens is 202 g/mol.